The van der Waals surface area contributed by atoms with Gasteiger partial charge in [-0.2, -0.15) is 5.10 Å². The molecule has 0 atom stereocenters. The Hall–Kier alpha value is -0.750. The highest BCUT2D eigenvalue weighted by Crippen LogP contribution is 2.25. The molecule has 2 aromatic rings. The number of aromatic nitrogens is 4. The van der Waals surface area contributed by atoms with Crippen molar-refractivity contribution in [2.45, 2.75) is 0 Å². The van der Waals surface area contributed by atoms with Crippen molar-refractivity contribution in [3.05, 3.63) is 16.2 Å². The van der Waals surface area contributed by atoms with Crippen LogP contribution in [0, 0.1) is 0 Å². The Morgan fingerprint density at radius 1 is 1.50 bits per heavy atom. The number of nitrogens with zero attached hydrogens (tertiary/aromatic N) is 4. The fourth-order valence-electron chi connectivity index (χ4n) is 0.893. The number of hydrogen-bond donors (Lipinski definition) is 0. The van der Waals surface area contributed by atoms with Gasteiger partial charge in [0, 0.05) is 13.2 Å². The summed E-state index contributed by atoms with van der Waals surface area (Å²) in [7, 11) is 1.88. The van der Waals surface area contributed by atoms with Crippen LogP contribution in [0.5, 0.6) is 0 Å². The van der Waals surface area contributed by atoms with Gasteiger partial charge in [0.05, 0.1) is 5.69 Å². The van der Waals surface area contributed by atoms with E-state index in [0.717, 1.165) is 14.6 Å². The molecule has 0 fully saturated rings. The van der Waals surface area contributed by atoms with Crippen molar-refractivity contribution in [3.63, 3.8) is 0 Å². The SMILES string of the molecule is Cn1nccc1-c1nnc(Br)s1. The van der Waals surface area contributed by atoms with E-state index in [2.05, 4.69) is 31.2 Å². The van der Waals surface area contributed by atoms with E-state index < -0.39 is 0 Å². The summed E-state index contributed by atoms with van der Waals surface area (Å²) < 4.78 is 2.56. The normalized spacial score (nSPS) is 10.5. The van der Waals surface area contributed by atoms with Gasteiger partial charge in [0.15, 0.2) is 8.92 Å². The van der Waals surface area contributed by atoms with E-state index in [1.165, 1.54) is 11.3 Å². The number of aryl methyl sites for hydroxylation is 1. The molecule has 2 rings (SSSR count). The molecule has 62 valence electrons. The molecule has 0 aliphatic carbocycles. The quantitative estimate of drug-likeness (QED) is 0.768. The van der Waals surface area contributed by atoms with Gasteiger partial charge in [0.1, 0.15) is 0 Å². The zero-order chi connectivity index (χ0) is 8.55. The van der Waals surface area contributed by atoms with Crippen LogP contribution in [0.2, 0.25) is 0 Å². The number of halogens is 1. The van der Waals surface area contributed by atoms with Crippen molar-refractivity contribution in [3.8, 4) is 10.7 Å². The van der Waals surface area contributed by atoms with Crippen LogP contribution in [0.1, 0.15) is 0 Å². The Morgan fingerprint density at radius 2 is 2.33 bits per heavy atom. The molecule has 0 aromatic carbocycles. The standard InChI is InChI=1S/C6H5BrN4S/c1-11-4(2-3-8-11)5-9-10-6(7)12-5/h2-3H,1H3. The van der Waals surface area contributed by atoms with Gasteiger partial charge in [-0.05, 0) is 22.0 Å². The largest absolute Gasteiger partial charge is 0.265 e. The first-order chi connectivity index (χ1) is 5.77. The Labute approximate surface area is 81.4 Å². The van der Waals surface area contributed by atoms with Gasteiger partial charge in [-0.15, -0.1) is 10.2 Å². The molecule has 0 saturated heterocycles. The van der Waals surface area contributed by atoms with Crippen molar-refractivity contribution in [1.82, 2.24) is 20.0 Å². The van der Waals surface area contributed by atoms with Crippen LogP contribution in [0.15, 0.2) is 16.2 Å². The van der Waals surface area contributed by atoms with Crippen molar-refractivity contribution in [2.24, 2.45) is 7.05 Å². The lowest BCUT2D eigenvalue weighted by Gasteiger charge is -1.93. The van der Waals surface area contributed by atoms with E-state index in [0.29, 0.717) is 0 Å². The van der Waals surface area contributed by atoms with Crippen molar-refractivity contribution in [1.29, 1.82) is 0 Å². The highest BCUT2D eigenvalue weighted by atomic mass is 79.9. The van der Waals surface area contributed by atoms with Gasteiger partial charge in [0.25, 0.3) is 0 Å². The third kappa shape index (κ3) is 1.27. The molecular formula is C6H5BrN4S. The first-order valence-electron chi connectivity index (χ1n) is 3.25. The van der Waals surface area contributed by atoms with Gasteiger partial charge in [0.2, 0.25) is 0 Å². The molecule has 6 heteroatoms. The first kappa shape index (κ1) is 7.88. The summed E-state index contributed by atoms with van der Waals surface area (Å²) in [5, 5.41) is 12.8. The molecular weight excluding hydrogens is 240 g/mol. The maximum Gasteiger partial charge on any atom is 0.183 e. The second-order valence-corrected chi connectivity index (χ2v) is 4.45. The molecule has 0 bridgehead atoms. The van der Waals surface area contributed by atoms with Crippen molar-refractivity contribution >= 4 is 27.3 Å². The van der Waals surface area contributed by atoms with Crippen LogP contribution in [-0.4, -0.2) is 20.0 Å². The Balaban J connectivity index is 2.50. The Bertz CT molecular complexity index is 394. The van der Waals surface area contributed by atoms with E-state index in [1.54, 1.807) is 10.9 Å². The van der Waals surface area contributed by atoms with Crippen molar-refractivity contribution in [2.75, 3.05) is 0 Å². The Kier molecular flexibility index (Phi) is 1.93. The van der Waals surface area contributed by atoms with Crippen LogP contribution >= 0.6 is 27.3 Å². The van der Waals surface area contributed by atoms with Crippen LogP contribution < -0.4 is 0 Å². The van der Waals surface area contributed by atoms with E-state index in [4.69, 9.17) is 0 Å². The molecule has 0 N–H and O–H groups in total. The fraction of sp³-hybridized carbons (Fsp3) is 0.167. The van der Waals surface area contributed by atoms with Gasteiger partial charge < -0.3 is 0 Å². The third-order valence-corrected chi connectivity index (χ3v) is 2.82. The molecule has 2 aromatic heterocycles. The lowest BCUT2D eigenvalue weighted by atomic mass is 10.4. The average molecular weight is 245 g/mol. The summed E-state index contributed by atoms with van der Waals surface area (Å²) >= 11 is 4.75. The molecule has 12 heavy (non-hydrogen) atoms. The zero-order valence-corrected chi connectivity index (χ0v) is 8.63. The lowest BCUT2D eigenvalue weighted by Crippen LogP contribution is -1.92. The minimum absolute atomic E-state index is 0.790. The molecule has 0 unspecified atom stereocenters. The summed E-state index contributed by atoms with van der Waals surface area (Å²) in [6.45, 7) is 0. The zero-order valence-electron chi connectivity index (χ0n) is 6.23. The second-order valence-electron chi connectivity index (χ2n) is 2.20. The molecule has 0 aliphatic heterocycles. The molecule has 0 radical (unpaired) electrons. The number of hydrogen-bond acceptors (Lipinski definition) is 4. The van der Waals surface area contributed by atoms with Crippen LogP contribution in [0.4, 0.5) is 0 Å². The predicted octanol–water partition coefficient (Wildman–Crippen LogP) is 1.70. The molecule has 0 aliphatic rings. The van der Waals surface area contributed by atoms with Gasteiger partial charge in [-0.3, -0.25) is 4.68 Å². The predicted molar refractivity (Wildman–Crippen MR) is 49.8 cm³/mol. The maximum atomic E-state index is 4.04. The highest BCUT2D eigenvalue weighted by molar-refractivity contribution is 9.11. The summed E-state index contributed by atoms with van der Waals surface area (Å²) in [5.41, 5.74) is 0.984. The smallest absolute Gasteiger partial charge is 0.183 e. The summed E-state index contributed by atoms with van der Waals surface area (Å²) in [5.74, 6) is 0. The first-order valence-corrected chi connectivity index (χ1v) is 4.85. The van der Waals surface area contributed by atoms with E-state index in [9.17, 15) is 0 Å². The van der Waals surface area contributed by atoms with Crippen LogP contribution in [0.25, 0.3) is 10.7 Å². The number of rotatable bonds is 1. The third-order valence-electron chi connectivity index (χ3n) is 1.44. The summed E-state index contributed by atoms with van der Waals surface area (Å²) in [6, 6.07) is 1.91. The Morgan fingerprint density at radius 3 is 2.83 bits per heavy atom. The van der Waals surface area contributed by atoms with Crippen LogP contribution in [-0.2, 0) is 7.05 Å². The van der Waals surface area contributed by atoms with E-state index in [1.807, 2.05) is 13.1 Å². The molecule has 2 heterocycles. The minimum Gasteiger partial charge on any atom is -0.265 e. The minimum atomic E-state index is 0.790. The monoisotopic (exact) mass is 244 g/mol. The molecule has 0 amide bonds. The van der Waals surface area contributed by atoms with E-state index in [-0.39, 0.29) is 0 Å². The molecule has 0 spiro atoms. The maximum absolute atomic E-state index is 4.04. The highest BCUT2D eigenvalue weighted by Gasteiger charge is 2.07. The fourth-order valence-corrected chi connectivity index (χ4v) is 2.06. The van der Waals surface area contributed by atoms with Crippen LogP contribution in [0.3, 0.4) is 0 Å². The lowest BCUT2D eigenvalue weighted by molar-refractivity contribution is 0.773. The molecule has 0 saturated carbocycles. The topological polar surface area (TPSA) is 43.6 Å². The summed E-state index contributed by atoms with van der Waals surface area (Å²) in [6.07, 6.45) is 1.74. The molecule has 4 nitrogen and oxygen atoms in total. The van der Waals surface area contributed by atoms with Crippen molar-refractivity contribution < 1.29 is 0 Å². The second kappa shape index (κ2) is 2.95. The average Bonchev–Trinajstić information content (AvgIpc) is 2.58. The summed E-state index contributed by atoms with van der Waals surface area (Å²) in [4.78, 5) is 0. The van der Waals surface area contributed by atoms with Gasteiger partial charge in [-0.1, -0.05) is 11.3 Å². The van der Waals surface area contributed by atoms with E-state index >= 15 is 0 Å². The van der Waals surface area contributed by atoms with Gasteiger partial charge in [-0.25, -0.2) is 0 Å². The van der Waals surface area contributed by atoms with Gasteiger partial charge >= 0.3 is 0 Å².